The molecule has 4 unspecified atom stereocenters. The molecule has 0 saturated carbocycles. The van der Waals surface area contributed by atoms with Gasteiger partial charge in [0.15, 0.2) is 0 Å². The third-order valence-corrected chi connectivity index (χ3v) is 2.62. The maximum absolute atomic E-state index is 9.02. The number of ether oxygens (including phenoxy) is 1. The van der Waals surface area contributed by atoms with Crippen LogP contribution in [0.5, 0.6) is 0 Å². The van der Waals surface area contributed by atoms with Crippen LogP contribution in [0.1, 0.15) is 20.3 Å². The van der Waals surface area contributed by atoms with Gasteiger partial charge in [-0.2, -0.15) is 0 Å². The third-order valence-electron chi connectivity index (χ3n) is 2.62. The number of hydrogen-bond acceptors (Lipinski definition) is 2. The van der Waals surface area contributed by atoms with Crippen LogP contribution >= 0.6 is 0 Å². The van der Waals surface area contributed by atoms with E-state index in [1.165, 1.54) is 0 Å². The van der Waals surface area contributed by atoms with Crippen LogP contribution in [0, 0.1) is 11.8 Å². The van der Waals surface area contributed by atoms with Gasteiger partial charge in [-0.25, -0.2) is 0 Å². The summed E-state index contributed by atoms with van der Waals surface area (Å²) in [6.07, 6.45) is 1.09. The molecule has 4 atom stereocenters. The fourth-order valence-corrected chi connectivity index (χ4v) is 1.69. The average molecular weight is 154 g/mol. The zero-order valence-electron chi connectivity index (χ0n) is 7.16. The average Bonchev–Trinajstić information content (AvgIpc) is 2.28. The van der Waals surface area contributed by atoms with Crippen molar-refractivity contribution < 1.29 is 9.84 Å². The molecule has 2 radical (unpaired) electrons. The highest BCUT2D eigenvalue weighted by atomic mass is 16.5. The minimum atomic E-state index is -0.183. The molecule has 0 aliphatic carbocycles. The van der Waals surface area contributed by atoms with Crippen LogP contribution in [0.15, 0.2) is 0 Å². The Morgan fingerprint density at radius 2 is 2.18 bits per heavy atom. The van der Waals surface area contributed by atoms with E-state index in [0.29, 0.717) is 0 Å². The zero-order chi connectivity index (χ0) is 8.43. The summed E-state index contributed by atoms with van der Waals surface area (Å²) < 4.78 is 5.44. The summed E-state index contributed by atoms with van der Waals surface area (Å²) in [5.74, 6) is 0.514. The van der Waals surface area contributed by atoms with E-state index >= 15 is 0 Å². The third kappa shape index (κ3) is 1.59. The van der Waals surface area contributed by atoms with Gasteiger partial charge < -0.3 is 9.84 Å². The van der Waals surface area contributed by atoms with Gasteiger partial charge >= 0.3 is 0 Å². The lowest BCUT2D eigenvalue weighted by atomic mass is 9.81. The SMILES string of the molecule is [B]C1OC(CC)C(CO)C1C. The van der Waals surface area contributed by atoms with E-state index in [1.54, 1.807) is 0 Å². The minimum Gasteiger partial charge on any atom is -0.396 e. The van der Waals surface area contributed by atoms with Gasteiger partial charge in [-0.3, -0.25) is 0 Å². The van der Waals surface area contributed by atoms with Gasteiger partial charge in [0.2, 0.25) is 0 Å². The predicted molar refractivity (Wildman–Crippen MR) is 44.4 cm³/mol. The molecule has 1 rings (SSSR count). The Morgan fingerprint density at radius 1 is 1.55 bits per heavy atom. The van der Waals surface area contributed by atoms with Gasteiger partial charge in [-0.15, -0.1) is 0 Å². The van der Waals surface area contributed by atoms with Gasteiger partial charge in [0.25, 0.3) is 0 Å². The van der Waals surface area contributed by atoms with E-state index in [0.717, 1.165) is 6.42 Å². The van der Waals surface area contributed by atoms with Crippen LogP contribution in [0.2, 0.25) is 0 Å². The summed E-state index contributed by atoms with van der Waals surface area (Å²) in [5, 5.41) is 9.02. The maximum atomic E-state index is 9.02. The summed E-state index contributed by atoms with van der Waals surface area (Å²) in [7, 11) is 5.68. The molecular weight excluding hydrogens is 139 g/mol. The molecule has 3 heteroatoms. The Labute approximate surface area is 69.3 Å². The standard InChI is InChI=1S/C8H15BO2/c1-3-7-6(4-10)5(2)8(9)11-7/h5-8,10H,3-4H2,1-2H3. The topological polar surface area (TPSA) is 29.5 Å². The van der Waals surface area contributed by atoms with E-state index in [-0.39, 0.29) is 30.5 Å². The number of aliphatic hydroxyl groups excluding tert-OH is 1. The van der Waals surface area contributed by atoms with Crippen LogP contribution in [0.4, 0.5) is 0 Å². The first kappa shape index (κ1) is 9.08. The Kier molecular flexibility index (Phi) is 2.96. The highest BCUT2D eigenvalue weighted by Gasteiger charge is 2.37. The van der Waals surface area contributed by atoms with E-state index < -0.39 is 0 Å². The van der Waals surface area contributed by atoms with Crippen LogP contribution in [-0.2, 0) is 4.74 Å². The van der Waals surface area contributed by atoms with E-state index in [1.807, 2.05) is 6.92 Å². The van der Waals surface area contributed by atoms with Crippen LogP contribution in [0.3, 0.4) is 0 Å². The second-order valence-electron chi connectivity index (χ2n) is 3.25. The highest BCUT2D eigenvalue weighted by Crippen LogP contribution is 2.31. The highest BCUT2D eigenvalue weighted by molar-refractivity contribution is 6.11. The van der Waals surface area contributed by atoms with Crippen molar-refractivity contribution in [2.75, 3.05) is 6.61 Å². The molecule has 1 heterocycles. The molecular formula is C8H15BO2. The Hall–Kier alpha value is -0.0151. The molecule has 1 aliphatic heterocycles. The smallest absolute Gasteiger partial charge is 0.109 e. The summed E-state index contributed by atoms with van der Waals surface area (Å²) in [4.78, 5) is 0. The lowest BCUT2D eigenvalue weighted by molar-refractivity contribution is 0.0551. The number of hydrogen-bond donors (Lipinski definition) is 1. The van der Waals surface area contributed by atoms with Gasteiger partial charge in [-0.1, -0.05) is 13.8 Å². The molecule has 1 saturated heterocycles. The van der Waals surface area contributed by atoms with Gasteiger partial charge in [0.05, 0.1) is 6.10 Å². The normalized spacial score (nSPS) is 44.6. The number of rotatable bonds is 2. The van der Waals surface area contributed by atoms with Crippen LogP contribution < -0.4 is 0 Å². The zero-order valence-corrected chi connectivity index (χ0v) is 7.16. The van der Waals surface area contributed by atoms with Gasteiger partial charge in [-0.05, 0) is 12.3 Å². The fourth-order valence-electron chi connectivity index (χ4n) is 1.69. The van der Waals surface area contributed by atoms with Crippen molar-refractivity contribution in [3.63, 3.8) is 0 Å². The predicted octanol–water partition coefficient (Wildman–Crippen LogP) is 0.534. The summed E-state index contributed by atoms with van der Waals surface area (Å²) >= 11 is 0. The molecule has 0 amide bonds. The molecule has 2 nitrogen and oxygen atoms in total. The van der Waals surface area contributed by atoms with Crippen molar-refractivity contribution in [2.24, 2.45) is 11.8 Å². The van der Waals surface area contributed by atoms with Crippen molar-refractivity contribution >= 4 is 7.85 Å². The molecule has 62 valence electrons. The molecule has 0 bridgehead atoms. The molecule has 0 aromatic rings. The first-order valence-corrected chi connectivity index (χ1v) is 4.22. The van der Waals surface area contributed by atoms with Crippen molar-refractivity contribution in [2.45, 2.75) is 32.4 Å². The first-order valence-electron chi connectivity index (χ1n) is 4.22. The Morgan fingerprint density at radius 3 is 2.55 bits per heavy atom. The Balaban J connectivity index is 2.57. The lowest BCUT2D eigenvalue weighted by Crippen LogP contribution is -2.22. The summed E-state index contributed by atoms with van der Waals surface area (Å²) in [5.41, 5.74) is 0. The monoisotopic (exact) mass is 154 g/mol. The van der Waals surface area contributed by atoms with E-state index in [2.05, 4.69) is 6.92 Å². The molecule has 11 heavy (non-hydrogen) atoms. The molecule has 0 aromatic heterocycles. The summed E-state index contributed by atoms with van der Waals surface area (Å²) in [6, 6.07) is -0.183. The van der Waals surface area contributed by atoms with Gasteiger partial charge in [0, 0.05) is 18.5 Å². The largest absolute Gasteiger partial charge is 0.396 e. The second kappa shape index (κ2) is 3.59. The Bertz CT molecular complexity index is 129. The van der Waals surface area contributed by atoms with Crippen molar-refractivity contribution in [1.29, 1.82) is 0 Å². The lowest BCUT2D eigenvalue weighted by Gasteiger charge is -2.16. The van der Waals surface area contributed by atoms with Gasteiger partial charge in [0.1, 0.15) is 7.85 Å². The molecule has 1 fully saturated rings. The van der Waals surface area contributed by atoms with Crippen LogP contribution in [0.25, 0.3) is 0 Å². The first-order chi connectivity index (χ1) is 5.20. The summed E-state index contributed by atoms with van der Waals surface area (Å²) in [6.45, 7) is 4.27. The maximum Gasteiger partial charge on any atom is 0.109 e. The van der Waals surface area contributed by atoms with Crippen molar-refractivity contribution in [3.8, 4) is 0 Å². The van der Waals surface area contributed by atoms with E-state index in [9.17, 15) is 0 Å². The van der Waals surface area contributed by atoms with Crippen molar-refractivity contribution in [1.82, 2.24) is 0 Å². The molecule has 1 N–H and O–H groups in total. The van der Waals surface area contributed by atoms with E-state index in [4.69, 9.17) is 17.7 Å². The van der Waals surface area contributed by atoms with Crippen LogP contribution in [-0.4, -0.2) is 31.7 Å². The number of aliphatic hydroxyl groups is 1. The molecule has 0 aromatic carbocycles. The molecule has 1 aliphatic rings. The van der Waals surface area contributed by atoms with Crippen molar-refractivity contribution in [3.05, 3.63) is 0 Å². The molecule has 0 spiro atoms. The minimum absolute atomic E-state index is 0.157. The quantitative estimate of drug-likeness (QED) is 0.588. The second-order valence-corrected chi connectivity index (χ2v) is 3.25. The fraction of sp³-hybridized carbons (Fsp3) is 1.00.